The van der Waals surface area contributed by atoms with E-state index in [9.17, 15) is 4.79 Å². The molecule has 0 fully saturated rings. The topological polar surface area (TPSA) is 78.1 Å². The van der Waals surface area contributed by atoms with Crippen LogP contribution in [-0.4, -0.2) is 17.1 Å². The molecule has 1 aromatic heterocycles. The summed E-state index contributed by atoms with van der Waals surface area (Å²) in [6.45, 7) is 1.89. The smallest absolute Gasteiger partial charge is 0.246 e. The summed E-state index contributed by atoms with van der Waals surface area (Å²) in [7, 11) is 0. The Kier molecular flexibility index (Phi) is 4.58. The van der Waals surface area contributed by atoms with Crippen molar-refractivity contribution >= 4 is 23.5 Å². The average Bonchev–Trinajstić information content (AvgIpc) is 2.85. The second kappa shape index (κ2) is 6.59. The van der Waals surface area contributed by atoms with Crippen molar-refractivity contribution in [2.75, 3.05) is 0 Å². The average molecular weight is 284 g/mol. The van der Waals surface area contributed by atoms with Crippen molar-refractivity contribution in [1.82, 2.24) is 10.4 Å². The van der Waals surface area contributed by atoms with E-state index in [0.717, 1.165) is 16.3 Å². The Morgan fingerprint density at radius 3 is 2.85 bits per heavy atom. The number of carbonyl (C=O) groups is 1. The van der Waals surface area contributed by atoms with Crippen LogP contribution in [0.5, 0.6) is 0 Å². The molecule has 0 spiro atoms. The summed E-state index contributed by atoms with van der Waals surface area (Å²) in [4.78, 5) is 15.8. The Morgan fingerprint density at radius 2 is 2.25 bits per heavy atom. The fraction of sp³-hybridized carbons (Fsp3) is 0.143. The van der Waals surface area contributed by atoms with Gasteiger partial charge in [-0.2, -0.15) is 10.4 Å². The van der Waals surface area contributed by atoms with Gasteiger partial charge in [-0.25, -0.2) is 10.4 Å². The van der Waals surface area contributed by atoms with Crippen LogP contribution in [0, 0.1) is 18.3 Å². The number of hydrazone groups is 1. The molecule has 0 saturated heterocycles. The van der Waals surface area contributed by atoms with Crippen LogP contribution >= 0.6 is 11.3 Å². The Morgan fingerprint density at radius 1 is 1.50 bits per heavy atom. The number of aromatic nitrogens is 1. The van der Waals surface area contributed by atoms with Gasteiger partial charge in [-0.3, -0.25) is 4.79 Å². The van der Waals surface area contributed by atoms with Crippen LogP contribution in [0.3, 0.4) is 0 Å². The van der Waals surface area contributed by atoms with Crippen LogP contribution in [0.2, 0.25) is 0 Å². The van der Waals surface area contributed by atoms with E-state index in [0.29, 0.717) is 5.56 Å². The maximum absolute atomic E-state index is 11.6. The highest BCUT2D eigenvalue weighted by atomic mass is 32.1. The lowest BCUT2D eigenvalue weighted by Gasteiger charge is -1.97. The molecule has 2 aromatic rings. The van der Waals surface area contributed by atoms with Crippen molar-refractivity contribution in [1.29, 1.82) is 5.26 Å². The molecule has 0 aliphatic carbocycles. The van der Waals surface area contributed by atoms with E-state index < -0.39 is 0 Å². The summed E-state index contributed by atoms with van der Waals surface area (Å²) in [5, 5.41) is 15.2. The first-order valence-corrected chi connectivity index (χ1v) is 6.78. The summed E-state index contributed by atoms with van der Waals surface area (Å²) in [6, 6.07) is 8.95. The molecule has 5 nitrogen and oxygen atoms in total. The number of aryl methyl sites for hydroxylation is 1. The van der Waals surface area contributed by atoms with Gasteiger partial charge in [-0.05, 0) is 24.6 Å². The summed E-state index contributed by atoms with van der Waals surface area (Å²) < 4.78 is 0. The summed E-state index contributed by atoms with van der Waals surface area (Å²) >= 11 is 1.46. The first-order chi connectivity index (χ1) is 9.67. The van der Waals surface area contributed by atoms with Gasteiger partial charge in [0.2, 0.25) is 5.91 Å². The molecule has 1 aromatic carbocycles. The minimum atomic E-state index is -0.204. The normalized spacial score (nSPS) is 10.4. The largest absolute Gasteiger partial charge is 0.273 e. The van der Waals surface area contributed by atoms with Crippen LogP contribution < -0.4 is 5.43 Å². The van der Waals surface area contributed by atoms with Gasteiger partial charge >= 0.3 is 0 Å². The van der Waals surface area contributed by atoms with Gasteiger partial charge in [0.25, 0.3) is 0 Å². The van der Waals surface area contributed by atoms with Gasteiger partial charge in [0.05, 0.1) is 24.3 Å². The number of hydrogen-bond donors (Lipinski definition) is 1. The fourth-order valence-electron chi connectivity index (χ4n) is 1.48. The molecule has 2 rings (SSSR count). The van der Waals surface area contributed by atoms with E-state index >= 15 is 0 Å². The van der Waals surface area contributed by atoms with Crippen LogP contribution in [0.15, 0.2) is 34.7 Å². The third-order valence-corrected chi connectivity index (χ3v) is 3.39. The minimum Gasteiger partial charge on any atom is -0.273 e. The molecule has 20 heavy (non-hydrogen) atoms. The molecule has 1 heterocycles. The standard InChI is InChI=1S/C14H12N4OS/c1-10-9-20-14(17-10)6-13(19)18-16-8-12-4-2-11(7-15)3-5-12/h2-5,8-9H,6H2,1H3,(H,18,19)/b16-8-. The fourth-order valence-corrected chi connectivity index (χ4v) is 2.25. The molecule has 0 unspecified atom stereocenters. The van der Waals surface area contributed by atoms with Crippen LogP contribution in [0.25, 0.3) is 0 Å². The number of nitrogens with one attached hydrogen (secondary N) is 1. The monoisotopic (exact) mass is 284 g/mol. The molecule has 0 bridgehead atoms. The van der Waals surface area contributed by atoms with Crippen molar-refractivity contribution in [3.8, 4) is 6.07 Å². The van der Waals surface area contributed by atoms with Crippen LogP contribution in [0.1, 0.15) is 21.8 Å². The zero-order valence-electron chi connectivity index (χ0n) is 10.8. The molecule has 0 radical (unpaired) electrons. The number of nitrogens with zero attached hydrogens (tertiary/aromatic N) is 3. The van der Waals surface area contributed by atoms with Gasteiger partial charge in [0.1, 0.15) is 5.01 Å². The minimum absolute atomic E-state index is 0.204. The van der Waals surface area contributed by atoms with Crippen molar-refractivity contribution in [2.45, 2.75) is 13.3 Å². The lowest BCUT2D eigenvalue weighted by molar-refractivity contribution is -0.120. The Balaban J connectivity index is 1.86. The molecule has 0 atom stereocenters. The summed E-state index contributed by atoms with van der Waals surface area (Å²) in [5.41, 5.74) is 4.77. The zero-order valence-corrected chi connectivity index (χ0v) is 11.6. The maximum Gasteiger partial charge on any atom is 0.246 e. The van der Waals surface area contributed by atoms with E-state index in [4.69, 9.17) is 5.26 Å². The van der Waals surface area contributed by atoms with Crippen molar-refractivity contribution in [3.05, 3.63) is 51.5 Å². The van der Waals surface area contributed by atoms with Crippen molar-refractivity contribution < 1.29 is 4.79 Å². The molecule has 100 valence electrons. The third kappa shape index (κ3) is 4.00. The first-order valence-electron chi connectivity index (χ1n) is 5.90. The first kappa shape index (κ1) is 13.9. The predicted octanol–water partition coefficient (Wildman–Crippen LogP) is 2.02. The number of thiazole rings is 1. The Bertz CT molecular complexity index is 667. The van der Waals surface area contributed by atoms with Gasteiger partial charge < -0.3 is 0 Å². The van der Waals surface area contributed by atoms with E-state index in [1.807, 2.05) is 18.4 Å². The van der Waals surface area contributed by atoms with Gasteiger partial charge in [0.15, 0.2) is 0 Å². The van der Waals surface area contributed by atoms with Crippen molar-refractivity contribution in [2.24, 2.45) is 5.10 Å². The Labute approximate surface area is 120 Å². The molecule has 0 saturated carbocycles. The van der Waals surface area contributed by atoms with E-state index in [2.05, 4.69) is 15.5 Å². The van der Waals surface area contributed by atoms with E-state index in [1.54, 1.807) is 24.3 Å². The van der Waals surface area contributed by atoms with Crippen LogP contribution in [-0.2, 0) is 11.2 Å². The zero-order chi connectivity index (χ0) is 14.4. The number of hydrogen-bond acceptors (Lipinski definition) is 5. The van der Waals surface area contributed by atoms with Gasteiger partial charge in [-0.15, -0.1) is 11.3 Å². The summed E-state index contributed by atoms with van der Waals surface area (Å²) in [6.07, 6.45) is 1.76. The number of nitriles is 1. The molecular weight excluding hydrogens is 272 g/mol. The lowest BCUT2D eigenvalue weighted by atomic mass is 10.2. The molecule has 0 aliphatic heterocycles. The number of amides is 1. The molecule has 1 amide bonds. The van der Waals surface area contributed by atoms with E-state index in [1.165, 1.54) is 17.6 Å². The lowest BCUT2D eigenvalue weighted by Crippen LogP contribution is -2.19. The number of carbonyl (C=O) groups excluding carboxylic acids is 1. The second-order valence-electron chi connectivity index (χ2n) is 4.09. The van der Waals surface area contributed by atoms with Crippen molar-refractivity contribution in [3.63, 3.8) is 0 Å². The highest BCUT2D eigenvalue weighted by molar-refractivity contribution is 7.09. The Hall–Kier alpha value is -2.52. The summed E-state index contributed by atoms with van der Waals surface area (Å²) in [5.74, 6) is -0.204. The highest BCUT2D eigenvalue weighted by Gasteiger charge is 2.05. The SMILES string of the molecule is Cc1csc(CC(=O)N/N=C\c2ccc(C#N)cc2)n1. The molecule has 1 N–H and O–H groups in total. The third-order valence-electron chi connectivity index (χ3n) is 2.42. The quantitative estimate of drug-likeness (QED) is 0.689. The maximum atomic E-state index is 11.6. The highest BCUT2D eigenvalue weighted by Crippen LogP contribution is 2.08. The molecular formula is C14H12N4OS. The predicted molar refractivity (Wildman–Crippen MR) is 77.4 cm³/mol. The van der Waals surface area contributed by atoms with Gasteiger partial charge in [-0.1, -0.05) is 12.1 Å². The van der Waals surface area contributed by atoms with Crippen LogP contribution in [0.4, 0.5) is 0 Å². The number of benzene rings is 1. The van der Waals surface area contributed by atoms with Gasteiger partial charge in [0, 0.05) is 11.1 Å². The second-order valence-corrected chi connectivity index (χ2v) is 5.03. The number of rotatable bonds is 4. The van der Waals surface area contributed by atoms with E-state index in [-0.39, 0.29) is 12.3 Å². The molecule has 0 aliphatic rings. The molecule has 6 heteroatoms.